The molecule has 2 aromatic carbocycles. The molecule has 0 saturated heterocycles. The molecule has 0 fully saturated rings. The molecule has 0 aliphatic carbocycles. The lowest BCUT2D eigenvalue weighted by molar-refractivity contribution is -0.115. The Morgan fingerprint density at radius 3 is 2.43 bits per heavy atom. The lowest BCUT2D eigenvalue weighted by Gasteiger charge is -2.08. The monoisotopic (exact) mass is 316 g/mol. The molecule has 0 spiro atoms. The molecule has 0 saturated carbocycles. The lowest BCUT2D eigenvalue weighted by atomic mass is 10.2. The first-order valence-corrected chi connectivity index (χ1v) is 7.15. The summed E-state index contributed by atoms with van der Waals surface area (Å²) in [6.45, 7) is 2.16. The zero-order valence-electron chi connectivity index (χ0n) is 12.6. The molecule has 0 aliphatic heterocycles. The third kappa shape index (κ3) is 4.81. The van der Waals surface area contributed by atoms with Crippen molar-refractivity contribution >= 4 is 17.5 Å². The molecule has 0 aromatic heterocycles. The number of hydrogen-bond donors (Lipinski definition) is 2. The molecule has 0 aliphatic rings. The highest BCUT2D eigenvalue weighted by Crippen LogP contribution is 2.13. The first-order valence-electron chi connectivity index (χ1n) is 7.15. The summed E-state index contributed by atoms with van der Waals surface area (Å²) in [5.74, 6) is -0.758. The Morgan fingerprint density at radius 1 is 1.09 bits per heavy atom. The molecular formula is C17H17FN2O3. The number of carbonyl (C=O) groups excluding carboxylic acids is 2. The number of ether oxygens (including phenoxy) is 1. The largest absolute Gasteiger partial charge is 0.494 e. The summed E-state index contributed by atoms with van der Waals surface area (Å²) in [7, 11) is 0. The van der Waals surface area contributed by atoms with Gasteiger partial charge in [-0.2, -0.15) is 0 Å². The van der Waals surface area contributed by atoms with Gasteiger partial charge in [0.15, 0.2) is 0 Å². The fraction of sp³-hybridized carbons (Fsp3) is 0.176. The Morgan fingerprint density at radius 2 is 1.78 bits per heavy atom. The summed E-state index contributed by atoms with van der Waals surface area (Å²) in [6.07, 6.45) is 0. The van der Waals surface area contributed by atoms with E-state index in [0.29, 0.717) is 17.9 Å². The predicted octanol–water partition coefficient (Wildman–Crippen LogP) is 2.59. The number of hydrogen-bond acceptors (Lipinski definition) is 3. The van der Waals surface area contributed by atoms with Gasteiger partial charge in [0.2, 0.25) is 5.91 Å². The van der Waals surface area contributed by atoms with E-state index in [0.717, 1.165) is 0 Å². The molecule has 120 valence electrons. The van der Waals surface area contributed by atoms with Crippen LogP contribution in [0.25, 0.3) is 0 Å². The van der Waals surface area contributed by atoms with E-state index >= 15 is 0 Å². The van der Waals surface area contributed by atoms with Crippen molar-refractivity contribution in [1.29, 1.82) is 0 Å². The third-order valence-corrected chi connectivity index (χ3v) is 2.98. The van der Waals surface area contributed by atoms with E-state index < -0.39 is 17.6 Å². The van der Waals surface area contributed by atoms with Gasteiger partial charge in [-0.25, -0.2) is 4.39 Å². The van der Waals surface area contributed by atoms with Crippen LogP contribution in [0.2, 0.25) is 0 Å². The standard InChI is InChI=1S/C17H17FN2O3/c1-2-23-13-9-7-12(8-10-13)17(22)19-11-16(21)20-15-6-4-3-5-14(15)18/h3-10H,2,11H2,1H3,(H,19,22)(H,20,21). The second-order valence-corrected chi connectivity index (χ2v) is 4.67. The quantitative estimate of drug-likeness (QED) is 0.861. The van der Waals surface area contributed by atoms with Crippen molar-refractivity contribution in [2.75, 3.05) is 18.5 Å². The minimum Gasteiger partial charge on any atom is -0.494 e. The first-order chi connectivity index (χ1) is 11.1. The molecule has 2 N–H and O–H groups in total. The Balaban J connectivity index is 1.86. The number of benzene rings is 2. The Hall–Kier alpha value is -2.89. The van der Waals surface area contributed by atoms with Crippen LogP contribution in [0.5, 0.6) is 5.75 Å². The van der Waals surface area contributed by atoms with Gasteiger partial charge in [-0.15, -0.1) is 0 Å². The van der Waals surface area contributed by atoms with Crippen LogP contribution in [-0.2, 0) is 4.79 Å². The lowest BCUT2D eigenvalue weighted by Crippen LogP contribution is -2.33. The van der Waals surface area contributed by atoms with Gasteiger partial charge in [-0.05, 0) is 43.3 Å². The van der Waals surface area contributed by atoms with Gasteiger partial charge >= 0.3 is 0 Å². The van der Waals surface area contributed by atoms with Crippen LogP contribution in [0.1, 0.15) is 17.3 Å². The topological polar surface area (TPSA) is 67.4 Å². The second kappa shape index (κ2) is 7.93. The summed E-state index contributed by atoms with van der Waals surface area (Å²) in [6, 6.07) is 12.4. The smallest absolute Gasteiger partial charge is 0.251 e. The van der Waals surface area contributed by atoms with Crippen molar-refractivity contribution in [1.82, 2.24) is 5.32 Å². The fourth-order valence-electron chi connectivity index (χ4n) is 1.89. The van der Waals surface area contributed by atoms with Gasteiger partial charge in [0.25, 0.3) is 5.91 Å². The highest BCUT2D eigenvalue weighted by atomic mass is 19.1. The molecule has 0 heterocycles. The SMILES string of the molecule is CCOc1ccc(C(=O)NCC(=O)Nc2ccccc2F)cc1. The van der Waals surface area contributed by atoms with Crippen LogP contribution < -0.4 is 15.4 Å². The summed E-state index contributed by atoms with van der Waals surface area (Å²) < 4.78 is 18.7. The van der Waals surface area contributed by atoms with Crippen molar-refractivity contribution < 1.29 is 18.7 Å². The number of anilines is 1. The van der Waals surface area contributed by atoms with Gasteiger partial charge in [0.05, 0.1) is 18.8 Å². The minimum absolute atomic E-state index is 0.0767. The van der Waals surface area contributed by atoms with E-state index in [4.69, 9.17) is 4.74 Å². The molecule has 0 unspecified atom stereocenters. The average Bonchev–Trinajstić information content (AvgIpc) is 2.56. The fourth-order valence-corrected chi connectivity index (χ4v) is 1.89. The van der Waals surface area contributed by atoms with Crippen molar-refractivity contribution in [2.24, 2.45) is 0 Å². The van der Waals surface area contributed by atoms with Gasteiger partial charge < -0.3 is 15.4 Å². The summed E-state index contributed by atoms with van der Waals surface area (Å²) in [4.78, 5) is 23.7. The summed E-state index contributed by atoms with van der Waals surface area (Å²) in [5.41, 5.74) is 0.486. The normalized spacial score (nSPS) is 10.0. The molecular weight excluding hydrogens is 299 g/mol. The van der Waals surface area contributed by atoms with E-state index in [9.17, 15) is 14.0 Å². The maximum atomic E-state index is 13.4. The third-order valence-electron chi connectivity index (χ3n) is 2.98. The van der Waals surface area contributed by atoms with Crippen LogP contribution >= 0.6 is 0 Å². The molecule has 0 atom stereocenters. The molecule has 0 bridgehead atoms. The zero-order valence-corrected chi connectivity index (χ0v) is 12.6. The van der Waals surface area contributed by atoms with Crippen LogP contribution in [0.3, 0.4) is 0 Å². The van der Waals surface area contributed by atoms with E-state index in [1.54, 1.807) is 30.3 Å². The Labute approximate surface area is 133 Å². The Bertz CT molecular complexity index is 686. The molecule has 2 rings (SSSR count). The van der Waals surface area contributed by atoms with Gasteiger partial charge in [-0.1, -0.05) is 12.1 Å². The van der Waals surface area contributed by atoms with Crippen molar-refractivity contribution in [3.63, 3.8) is 0 Å². The summed E-state index contributed by atoms with van der Waals surface area (Å²) in [5, 5.41) is 4.87. The average molecular weight is 316 g/mol. The van der Waals surface area contributed by atoms with Gasteiger partial charge in [0, 0.05) is 5.56 Å². The van der Waals surface area contributed by atoms with E-state index in [1.165, 1.54) is 18.2 Å². The number of carbonyl (C=O) groups is 2. The summed E-state index contributed by atoms with van der Waals surface area (Å²) >= 11 is 0. The molecule has 2 amide bonds. The molecule has 2 aromatic rings. The molecule has 23 heavy (non-hydrogen) atoms. The second-order valence-electron chi connectivity index (χ2n) is 4.67. The van der Waals surface area contributed by atoms with Crippen LogP contribution in [0.15, 0.2) is 48.5 Å². The first kappa shape index (κ1) is 16.5. The van der Waals surface area contributed by atoms with Gasteiger partial charge in [0.1, 0.15) is 11.6 Å². The van der Waals surface area contributed by atoms with E-state index in [-0.39, 0.29) is 12.2 Å². The zero-order chi connectivity index (χ0) is 16.7. The van der Waals surface area contributed by atoms with Crippen molar-refractivity contribution in [3.8, 4) is 5.75 Å². The number of halogens is 1. The van der Waals surface area contributed by atoms with Crippen LogP contribution in [-0.4, -0.2) is 25.0 Å². The molecule has 6 heteroatoms. The maximum absolute atomic E-state index is 13.4. The van der Waals surface area contributed by atoms with E-state index in [2.05, 4.69) is 10.6 Å². The van der Waals surface area contributed by atoms with Crippen LogP contribution in [0.4, 0.5) is 10.1 Å². The minimum atomic E-state index is -0.529. The number of amides is 2. The van der Waals surface area contributed by atoms with Crippen LogP contribution in [0, 0.1) is 5.82 Å². The highest BCUT2D eigenvalue weighted by molar-refractivity contribution is 5.99. The maximum Gasteiger partial charge on any atom is 0.251 e. The highest BCUT2D eigenvalue weighted by Gasteiger charge is 2.10. The van der Waals surface area contributed by atoms with Gasteiger partial charge in [-0.3, -0.25) is 9.59 Å². The van der Waals surface area contributed by atoms with E-state index in [1.807, 2.05) is 6.92 Å². The van der Waals surface area contributed by atoms with Crippen molar-refractivity contribution in [2.45, 2.75) is 6.92 Å². The number of rotatable bonds is 6. The predicted molar refractivity (Wildman–Crippen MR) is 85.0 cm³/mol. The Kier molecular flexibility index (Phi) is 5.68. The molecule has 0 radical (unpaired) electrons. The molecule has 5 nitrogen and oxygen atoms in total. The van der Waals surface area contributed by atoms with Crippen molar-refractivity contribution in [3.05, 3.63) is 59.9 Å². The number of para-hydroxylation sites is 1. The number of nitrogens with one attached hydrogen (secondary N) is 2.